The minimum absolute atomic E-state index is 0.0928. The van der Waals surface area contributed by atoms with Crippen LogP contribution < -0.4 is 15.4 Å². The predicted molar refractivity (Wildman–Crippen MR) is 138 cm³/mol. The second-order valence-electron chi connectivity index (χ2n) is 8.40. The molecule has 3 N–H and O–H groups in total. The molecule has 0 radical (unpaired) electrons. The normalized spacial score (nSPS) is 11.4. The number of aryl methyl sites for hydroxylation is 1. The van der Waals surface area contributed by atoms with Gasteiger partial charge in [0.25, 0.3) is 5.91 Å². The van der Waals surface area contributed by atoms with Crippen molar-refractivity contribution in [2.45, 2.75) is 13.1 Å². The van der Waals surface area contributed by atoms with Crippen LogP contribution in [0, 0.1) is 6.92 Å². The van der Waals surface area contributed by atoms with E-state index in [0.29, 0.717) is 22.8 Å². The summed E-state index contributed by atoms with van der Waals surface area (Å²) in [6, 6.07) is 13.3. The Bertz CT molecular complexity index is 1630. The van der Waals surface area contributed by atoms with E-state index in [-0.39, 0.29) is 17.0 Å². The third-order valence-corrected chi connectivity index (χ3v) is 5.86. The largest absolute Gasteiger partial charge is 0.495 e. The van der Waals surface area contributed by atoms with Crippen LogP contribution in [0.3, 0.4) is 0 Å². The first-order chi connectivity index (χ1) is 18.2. The SMILES string of the molecule is COc1ccc(C(F)(F)F)cc1NC(=O)c1ccc(C)c(Nc2nc(-c3cccnc3)c3[nH]ccc3n2)c1. The Morgan fingerprint density at radius 1 is 1.03 bits per heavy atom. The first-order valence-electron chi connectivity index (χ1n) is 11.4. The lowest BCUT2D eigenvalue weighted by atomic mass is 10.1. The van der Waals surface area contributed by atoms with E-state index in [1.54, 1.807) is 36.8 Å². The molecule has 5 rings (SSSR count). The fourth-order valence-electron chi connectivity index (χ4n) is 3.91. The molecule has 5 aromatic rings. The van der Waals surface area contributed by atoms with E-state index in [0.717, 1.165) is 34.8 Å². The van der Waals surface area contributed by atoms with Crippen molar-refractivity contribution < 1.29 is 22.7 Å². The van der Waals surface area contributed by atoms with Crippen molar-refractivity contribution in [2.75, 3.05) is 17.7 Å². The van der Waals surface area contributed by atoms with Gasteiger partial charge in [-0.25, -0.2) is 9.97 Å². The molecule has 0 aliphatic carbocycles. The molecule has 3 heterocycles. The molecule has 0 fully saturated rings. The van der Waals surface area contributed by atoms with Crippen LogP contribution in [-0.2, 0) is 6.18 Å². The number of hydrogen-bond acceptors (Lipinski definition) is 6. The van der Waals surface area contributed by atoms with E-state index in [1.807, 2.05) is 25.1 Å². The number of hydrogen-bond donors (Lipinski definition) is 3. The first-order valence-corrected chi connectivity index (χ1v) is 11.4. The van der Waals surface area contributed by atoms with E-state index in [1.165, 1.54) is 7.11 Å². The number of H-pyrrole nitrogens is 1. The van der Waals surface area contributed by atoms with E-state index in [9.17, 15) is 18.0 Å². The third-order valence-electron chi connectivity index (χ3n) is 5.86. The van der Waals surface area contributed by atoms with Crippen LogP contribution in [0.5, 0.6) is 5.75 Å². The highest BCUT2D eigenvalue weighted by Crippen LogP contribution is 2.35. The number of ether oxygens (including phenoxy) is 1. The van der Waals surface area contributed by atoms with Crippen molar-refractivity contribution in [3.63, 3.8) is 0 Å². The van der Waals surface area contributed by atoms with Crippen molar-refractivity contribution in [3.05, 3.63) is 89.9 Å². The molecule has 0 spiro atoms. The number of aromatic amines is 1. The van der Waals surface area contributed by atoms with Crippen LogP contribution in [0.1, 0.15) is 21.5 Å². The number of aromatic nitrogens is 4. The summed E-state index contributed by atoms with van der Waals surface area (Å²) < 4.78 is 44.7. The van der Waals surface area contributed by atoms with Crippen molar-refractivity contribution >= 4 is 34.3 Å². The summed E-state index contributed by atoms with van der Waals surface area (Å²) in [7, 11) is 1.31. The summed E-state index contributed by atoms with van der Waals surface area (Å²) in [6.45, 7) is 1.84. The van der Waals surface area contributed by atoms with Gasteiger partial charge in [-0.3, -0.25) is 9.78 Å². The van der Waals surface area contributed by atoms with Gasteiger partial charge in [0.15, 0.2) is 0 Å². The molecule has 3 aromatic heterocycles. The number of alkyl halides is 3. The molecule has 0 atom stereocenters. The number of benzene rings is 2. The van der Waals surface area contributed by atoms with Gasteiger partial charge < -0.3 is 20.4 Å². The first kappa shape index (κ1) is 24.8. The summed E-state index contributed by atoms with van der Waals surface area (Å²) >= 11 is 0. The smallest absolute Gasteiger partial charge is 0.416 e. The van der Waals surface area contributed by atoms with Crippen LogP contribution in [0.15, 0.2) is 73.2 Å². The van der Waals surface area contributed by atoms with Crippen LogP contribution in [-0.4, -0.2) is 33.0 Å². The number of rotatable bonds is 6. The van der Waals surface area contributed by atoms with Crippen LogP contribution >= 0.6 is 0 Å². The number of methoxy groups -OCH3 is 1. The molecule has 1 amide bonds. The molecule has 0 aliphatic heterocycles. The average Bonchev–Trinajstić information content (AvgIpc) is 3.38. The molecule has 0 bridgehead atoms. The zero-order chi connectivity index (χ0) is 26.9. The van der Waals surface area contributed by atoms with Gasteiger partial charge in [0.1, 0.15) is 11.4 Å². The maximum atomic E-state index is 13.2. The Morgan fingerprint density at radius 2 is 1.87 bits per heavy atom. The number of pyridine rings is 1. The monoisotopic (exact) mass is 518 g/mol. The second-order valence-corrected chi connectivity index (χ2v) is 8.40. The van der Waals surface area contributed by atoms with Gasteiger partial charge in [0, 0.05) is 35.4 Å². The molecule has 0 aliphatic rings. The number of carbonyl (C=O) groups is 1. The Morgan fingerprint density at radius 3 is 2.61 bits per heavy atom. The Kier molecular flexibility index (Phi) is 6.41. The molecule has 0 saturated carbocycles. The molecule has 192 valence electrons. The van der Waals surface area contributed by atoms with Gasteiger partial charge in [-0.2, -0.15) is 13.2 Å². The zero-order valence-corrected chi connectivity index (χ0v) is 20.2. The number of fused-ring (bicyclic) bond motifs is 1. The predicted octanol–water partition coefficient (Wildman–Crippen LogP) is 6.35. The third kappa shape index (κ3) is 4.99. The second kappa shape index (κ2) is 9.85. The van der Waals surface area contributed by atoms with E-state index >= 15 is 0 Å². The van der Waals surface area contributed by atoms with Crippen LogP contribution in [0.25, 0.3) is 22.3 Å². The summed E-state index contributed by atoms with van der Waals surface area (Å²) in [4.78, 5) is 29.5. The average molecular weight is 518 g/mol. The lowest BCUT2D eigenvalue weighted by Gasteiger charge is -2.15. The molecular formula is C27H21F3N6O2. The number of amides is 1. The molecular weight excluding hydrogens is 497 g/mol. The van der Waals surface area contributed by atoms with Crippen molar-refractivity contribution in [3.8, 4) is 17.0 Å². The molecule has 0 saturated heterocycles. The van der Waals surface area contributed by atoms with Crippen molar-refractivity contribution in [2.24, 2.45) is 0 Å². The van der Waals surface area contributed by atoms with Gasteiger partial charge in [-0.05, 0) is 61.0 Å². The summed E-state index contributed by atoms with van der Waals surface area (Å²) in [5.41, 5.74) is 3.47. The summed E-state index contributed by atoms with van der Waals surface area (Å²) in [6.07, 6.45) is 0.568. The van der Waals surface area contributed by atoms with Gasteiger partial charge in [-0.1, -0.05) is 6.07 Å². The highest BCUT2D eigenvalue weighted by atomic mass is 19.4. The van der Waals surface area contributed by atoms with E-state index in [2.05, 4.69) is 30.6 Å². The zero-order valence-electron chi connectivity index (χ0n) is 20.2. The number of anilines is 3. The Labute approximate surface area is 214 Å². The lowest BCUT2D eigenvalue weighted by molar-refractivity contribution is -0.137. The molecule has 0 unspecified atom stereocenters. The van der Waals surface area contributed by atoms with Gasteiger partial charge >= 0.3 is 6.18 Å². The van der Waals surface area contributed by atoms with E-state index < -0.39 is 17.6 Å². The molecule has 2 aromatic carbocycles. The Balaban J connectivity index is 1.45. The van der Waals surface area contributed by atoms with Crippen LogP contribution in [0.2, 0.25) is 0 Å². The van der Waals surface area contributed by atoms with Crippen molar-refractivity contribution in [1.82, 2.24) is 19.9 Å². The number of nitrogens with zero attached hydrogens (tertiary/aromatic N) is 3. The number of nitrogens with one attached hydrogen (secondary N) is 3. The summed E-state index contributed by atoms with van der Waals surface area (Å²) in [5.74, 6) is -0.201. The standard InChI is InChI=1S/C27H21F3N6O2/c1-15-5-6-16(25(37)33-21-13-18(27(28,29)30)7-8-22(21)38-2)12-20(15)35-26-34-19-9-11-32-24(19)23(36-26)17-4-3-10-31-14-17/h3-14,32H,1-2H3,(H,33,37)(H,34,35,36). The fraction of sp³-hybridized carbons (Fsp3) is 0.111. The van der Waals surface area contributed by atoms with Gasteiger partial charge in [0.2, 0.25) is 5.95 Å². The molecule has 11 heteroatoms. The minimum Gasteiger partial charge on any atom is -0.495 e. The van der Waals surface area contributed by atoms with Gasteiger partial charge in [0.05, 0.1) is 29.4 Å². The highest BCUT2D eigenvalue weighted by molar-refractivity contribution is 6.05. The van der Waals surface area contributed by atoms with Crippen molar-refractivity contribution in [1.29, 1.82) is 0 Å². The highest BCUT2D eigenvalue weighted by Gasteiger charge is 2.31. The topological polar surface area (TPSA) is 105 Å². The minimum atomic E-state index is -4.57. The van der Waals surface area contributed by atoms with Gasteiger partial charge in [-0.15, -0.1) is 0 Å². The maximum absolute atomic E-state index is 13.2. The fourth-order valence-corrected chi connectivity index (χ4v) is 3.91. The summed E-state index contributed by atoms with van der Waals surface area (Å²) in [5, 5.41) is 5.68. The van der Waals surface area contributed by atoms with Crippen LogP contribution in [0.4, 0.5) is 30.5 Å². The maximum Gasteiger partial charge on any atom is 0.416 e. The molecule has 8 nitrogen and oxygen atoms in total. The quantitative estimate of drug-likeness (QED) is 0.242. The molecule has 38 heavy (non-hydrogen) atoms. The lowest BCUT2D eigenvalue weighted by Crippen LogP contribution is -2.14. The number of halogens is 3. The van der Waals surface area contributed by atoms with E-state index in [4.69, 9.17) is 4.74 Å². The Hall–Kier alpha value is -4.93. The number of carbonyl (C=O) groups excluding carboxylic acids is 1.